The highest BCUT2D eigenvalue weighted by Crippen LogP contribution is 2.42. The van der Waals surface area contributed by atoms with Crippen LogP contribution in [0.25, 0.3) is 10.2 Å². The van der Waals surface area contributed by atoms with Gasteiger partial charge >= 0.3 is 6.09 Å². The molecule has 2 aromatic heterocycles. The van der Waals surface area contributed by atoms with Gasteiger partial charge in [-0.1, -0.05) is 11.6 Å². The van der Waals surface area contributed by atoms with Crippen molar-refractivity contribution < 1.29 is 14.6 Å². The molecule has 0 saturated carbocycles. The fourth-order valence-electron chi connectivity index (χ4n) is 3.36. The number of pyridine rings is 1. The van der Waals surface area contributed by atoms with Crippen molar-refractivity contribution in [3.8, 4) is 0 Å². The normalized spacial score (nSPS) is 24.5. The van der Waals surface area contributed by atoms with E-state index in [1.54, 1.807) is 17.2 Å². The summed E-state index contributed by atoms with van der Waals surface area (Å²) in [5.74, 6) is 0. The number of hydrogen-bond acceptors (Lipinski definition) is 5. The maximum atomic E-state index is 12.7. The number of thiophene rings is 1. The van der Waals surface area contributed by atoms with Gasteiger partial charge in [0.1, 0.15) is 16.0 Å². The van der Waals surface area contributed by atoms with Crippen LogP contribution in [0, 0.1) is 0 Å². The Hall–Kier alpha value is -1.37. The molecule has 2 unspecified atom stereocenters. The average Bonchev–Trinajstić information content (AvgIpc) is 2.92. The van der Waals surface area contributed by atoms with E-state index in [0.717, 1.165) is 27.9 Å². The second-order valence-corrected chi connectivity index (χ2v) is 9.29. The van der Waals surface area contributed by atoms with E-state index in [0.29, 0.717) is 18.0 Å². The van der Waals surface area contributed by atoms with Crippen molar-refractivity contribution in [2.75, 3.05) is 6.54 Å². The summed E-state index contributed by atoms with van der Waals surface area (Å²) in [5.41, 5.74) is -1.72. The van der Waals surface area contributed by atoms with Gasteiger partial charge in [-0.25, -0.2) is 9.78 Å². The lowest BCUT2D eigenvalue weighted by atomic mass is 9.88. The van der Waals surface area contributed by atoms with Crippen molar-refractivity contribution in [1.29, 1.82) is 0 Å². The van der Waals surface area contributed by atoms with Crippen LogP contribution in [0.1, 0.15) is 51.8 Å². The number of fused-ring (bicyclic) bond motifs is 1. The van der Waals surface area contributed by atoms with Gasteiger partial charge in [0.25, 0.3) is 0 Å². The molecule has 0 spiro atoms. The van der Waals surface area contributed by atoms with Gasteiger partial charge in [-0.05, 0) is 59.1 Å². The molecule has 0 bridgehead atoms. The molecule has 142 valence electrons. The molecule has 1 aliphatic heterocycles. The third-order valence-electron chi connectivity index (χ3n) is 4.80. The van der Waals surface area contributed by atoms with Crippen LogP contribution >= 0.6 is 22.9 Å². The largest absolute Gasteiger partial charge is 0.444 e. The predicted molar refractivity (Wildman–Crippen MR) is 105 cm³/mol. The Labute approximate surface area is 162 Å². The number of nitrogens with zero attached hydrogens (tertiary/aromatic N) is 2. The Morgan fingerprint density at radius 3 is 2.85 bits per heavy atom. The minimum Gasteiger partial charge on any atom is -0.444 e. The lowest BCUT2D eigenvalue weighted by Gasteiger charge is -2.38. The molecular weight excluding hydrogens is 372 g/mol. The number of hydrogen-bond donors (Lipinski definition) is 1. The number of aromatic nitrogens is 1. The van der Waals surface area contributed by atoms with Crippen molar-refractivity contribution in [1.82, 2.24) is 9.88 Å². The third-order valence-corrected chi connectivity index (χ3v) is 6.34. The number of aliphatic hydroxyl groups is 1. The molecule has 1 N–H and O–H groups in total. The summed E-state index contributed by atoms with van der Waals surface area (Å²) in [7, 11) is 0. The number of halogens is 1. The first kappa shape index (κ1) is 19.4. The molecule has 7 heteroatoms. The molecular formula is C19H25ClN2O3S. The highest BCUT2D eigenvalue weighted by molar-refractivity contribution is 7.18. The predicted octanol–water partition coefficient (Wildman–Crippen LogP) is 4.95. The summed E-state index contributed by atoms with van der Waals surface area (Å²) in [6.07, 6.45) is 3.52. The number of likely N-dealkylation sites (tertiary alicyclic amines) is 1. The smallest absolute Gasteiger partial charge is 0.410 e. The average molecular weight is 397 g/mol. The van der Waals surface area contributed by atoms with Crippen molar-refractivity contribution in [3.63, 3.8) is 0 Å². The zero-order chi connectivity index (χ0) is 19.1. The van der Waals surface area contributed by atoms with Crippen LogP contribution in [-0.4, -0.2) is 39.3 Å². The van der Waals surface area contributed by atoms with Gasteiger partial charge in [-0.3, -0.25) is 0 Å². The van der Waals surface area contributed by atoms with E-state index >= 15 is 0 Å². The van der Waals surface area contributed by atoms with Gasteiger partial charge in [0.15, 0.2) is 0 Å². The quantitative estimate of drug-likeness (QED) is 0.740. The van der Waals surface area contributed by atoms with E-state index in [9.17, 15) is 9.90 Å². The second kappa shape index (κ2) is 6.98. The van der Waals surface area contributed by atoms with Crippen molar-refractivity contribution in [3.05, 3.63) is 28.2 Å². The first-order valence-electron chi connectivity index (χ1n) is 8.88. The lowest BCUT2D eigenvalue weighted by Crippen LogP contribution is -2.51. The summed E-state index contributed by atoms with van der Waals surface area (Å²) in [6.45, 7) is 7.99. The van der Waals surface area contributed by atoms with Crippen molar-refractivity contribution in [2.24, 2.45) is 0 Å². The molecule has 1 fully saturated rings. The first-order chi connectivity index (χ1) is 12.1. The number of ether oxygens (including phenoxy) is 1. The third kappa shape index (κ3) is 3.68. The first-order valence-corrected chi connectivity index (χ1v) is 10.1. The van der Waals surface area contributed by atoms with Gasteiger partial charge in [-0.2, -0.15) is 0 Å². The van der Waals surface area contributed by atoms with Crippen LogP contribution < -0.4 is 0 Å². The van der Waals surface area contributed by atoms with Crippen LogP contribution in [0.3, 0.4) is 0 Å². The number of rotatable bonds is 1. The molecule has 1 aliphatic rings. The Kier molecular flexibility index (Phi) is 5.21. The summed E-state index contributed by atoms with van der Waals surface area (Å²) in [4.78, 5) is 20.3. The van der Waals surface area contributed by atoms with Gasteiger partial charge in [0.2, 0.25) is 0 Å². The Balaban J connectivity index is 1.97. The van der Waals surface area contributed by atoms with Crippen LogP contribution in [0.5, 0.6) is 0 Å². The van der Waals surface area contributed by atoms with E-state index in [1.165, 1.54) is 11.3 Å². The fourth-order valence-corrected chi connectivity index (χ4v) is 4.84. The van der Waals surface area contributed by atoms with Gasteiger partial charge in [0.05, 0.1) is 11.1 Å². The lowest BCUT2D eigenvalue weighted by molar-refractivity contribution is -0.0489. The standard InChI is InChI=1S/C19H25ClN2O3S/c1-12-19(24,15-11-13-14(20)7-9-21-16(13)26-15)8-5-6-10-22(12)17(23)25-18(2,3)4/h7,9,11-12,24H,5-6,8,10H2,1-4H3. The minimum atomic E-state index is -1.15. The van der Waals surface area contributed by atoms with Gasteiger partial charge < -0.3 is 14.7 Å². The van der Waals surface area contributed by atoms with E-state index in [1.807, 2.05) is 33.8 Å². The van der Waals surface area contributed by atoms with Crippen molar-refractivity contribution in [2.45, 2.75) is 64.2 Å². The molecule has 2 atom stereocenters. The molecule has 1 amide bonds. The van der Waals surface area contributed by atoms with Crippen LogP contribution in [0.4, 0.5) is 4.79 Å². The molecule has 2 aromatic rings. The molecule has 0 radical (unpaired) electrons. The second-order valence-electron chi connectivity index (χ2n) is 7.85. The zero-order valence-electron chi connectivity index (χ0n) is 15.6. The Morgan fingerprint density at radius 2 is 2.19 bits per heavy atom. The minimum absolute atomic E-state index is 0.386. The van der Waals surface area contributed by atoms with Crippen LogP contribution in [0.15, 0.2) is 18.3 Å². The summed E-state index contributed by atoms with van der Waals surface area (Å²) < 4.78 is 5.56. The van der Waals surface area contributed by atoms with E-state index < -0.39 is 17.2 Å². The van der Waals surface area contributed by atoms with Crippen LogP contribution in [0.2, 0.25) is 5.02 Å². The van der Waals surface area contributed by atoms with E-state index in [-0.39, 0.29) is 6.09 Å². The summed E-state index contributed by atoms with van der Waals surface area (Å²) in [6, 6.07) is 3.24. The zero-order valence-corrected chi connectivity index (χ0v) is 17.2. The molecule has 0 aliphatic carbocycles. The maximum absolute atomic E-state index is 12.7. The van der Waals surface area contributed by atoms with Gasteiger partial charge in [0, 0.05) is 23.0 Å². The monoisotopic (exact) mass is 396 g/mol. The molecule has 0 aromatic carbocycles. The van der Waals surface area contributed by atoms with E-state index in [4.69, 9.17) is 16.3 Å². The Bertz CT molecular complexity index is 817. The summed E-state index contributed by atoms with van der Waals surface area (Å²) >= 11 is 7.71. The molecule has 3 rings (SSSR count). The summed E-state index contributed by atoms with van der Waals surface area (Å²) in [5, 5.41) is 13.0. The van der Waals surface area contributed by atoms with E-state index in [2.05, 4.69) is 4.98 Å². The maximum Gasteiger partial charge on any atom is 0.410 e. The highest BCUT2D eigenvalue weighted by Gasteiger charge is 2.44. The number of amides is 1. The molecule has 1 saturated heterocycles. The molecule has 5 nitrogen and oxygen atoms in total. The topological polar surface area (TPSA) is 62.7 Å². The number of carbonyl (C=O) groups excluding carboxylic acids is 1. The van der Waals surface area contributed by atoms with Crippen molar-refractivity contribution >= 4 is 39.2 Å². The Morgan fingerprint density at radius 1 is 1.46 bits per heavy atom. The SMILES string of the molecule is CC1N(C(=O)OC(C)(C)C)CCCCC1(O)c1cc2c(Cl)ccnc2s1. The highest BCUT2D eigenvalue weighted by atomic mass is 35.5. The molecule has 3 heterocycles. The van der Waals surface area contributed by atoms with Crippen LogP contribution in [-0.2, 0) is 10.3 Å². The fraction of sp³-hybridized carbons (Fsp3) is 0.579. The number of carbonyl (C=O) groups is 1. The molecule has 26 heavy (non-hydrogen) atoms. The van der Waals surface area contributed by atoms with Gasteiger partial charge in [-0.15, -0.1) is 11.3 Å².